The van der Waals surface area contributed by atoms with Gasteiger partial charge in [-0.1, -0.05) is 40.0 Å². The Kier molecular flexibility index (Phi) is 7.58. The Morgan fingerprint density at radius 3 is 2.25 bits per heavy atom. The predicted molar refractivity (Wildman–Crippen MR) is 54.2 cm³/mol. The molecule has 0 aliphatic rings. The predicted octanol–water partition coefficient (Wildman–Crippen LogP) is 3.22. The number of aliphatic hydroxyl groups is 1. The fraction of sp³-hybridized carbons (Fsp3) is 1.00. The average Bonchev–Trinajstić information content (AvgIpc) is 2.10. The number of rotatable bonds is 7. The summed E-state index contributed by atoms with van der Waals surface area (Å²) in [4.78, 5) is 0. The first-order valence-corrected chi connectivity index (χ1v) is 5.37. The molecule has 2 unspecified atom stereocenters. The van der Waals surface area contributed by atoms with Crippen molar-refractivity contribution in [2.75, 3.05) is 6.61 Å². The van der Waals surface area contributed by atoms with Crippen LogP contribution < -0.4 is 0 Å². The molecule has 1 nitrogen and oxygen atoms in total. The second-order valence-corrected chi connectivity index (χ2v) is 3.80. The third-order valence-corrected chi connectivity index (χ3v) is 2.81. The lowest BCUT2D eigenvalue weighted by Crippen LogP contribution is -2.11. The number of hydrogen-bond acceptors (Lipinski definition) is 1. The van der Waals surface area contributed by atoms with Gasteiger partial charge in [-0.25, -0.2) is 0 Å². The molecule has 0 radical (unpaired) electrons. The molecule has 0 spiro atoms. The van der Waals surface area contributed by atoms with E-state index in [-0.39, 0.29) is 0 Å². The van der Waals surface area contributed by atoms with Crippen LogP contribution in [0, 0.1) is 11.8 Å². The molecule has 0 rings (SSSR count). The Morgan fingerprint density at radius 2 is 1.83 bits per heavy atom. The lowest BCUT2D eigenvalue weighted by Gasteiger charge is -2.21. The van der Waals surface area contributed by atoms with E-state index >= 15 is 0 Å². The maximum absolute atomic E-state index is 8.70. The first-order valence-electron chi connectivity index (χ1n) is 5.37. The van der Waals surface area contributed by atoms with Crippen molar-refractivity contribution in [2.24, 2.45) is 11.8 Å². The lowest BCUT2D eigenvalue weighted by molar-refractivity contribution is 0.244. The van der Waals surface area contributed by atoms with Crippen LogP contribution in [0.4, 0.5) is 0 Å². The standard InChI is InChI=1S/C11H24O/c1-4-7-11(5-2)10(3)8-6-9-12/h10-12H,4-9H2,1-3H3. The van der Waals surface area contributed by atoms with E-state index in [9.17, 15) is 0 Å². The van der Waals surface area contributed by atoms with Crippen molar-refractivity contribution in [3.63, 3.8) is 0 Å². The second kappa shape index (κ2) is 7.60. The highest BCUT2D eigenvalue weighted by molar-refractivity contribution is 4.64. The van der Waals surface area contributed by atoms with Crippen molar-refractivity contribution in [1.29, 1.82) is 0 Å². The highest BCUT2D eigenvalue weighted by Crippen LogP contribution is 2.24. The summed E-state index contributed by atoms with van der Waals surface area (Å²) in [6, 6.07) is 0. The lowest BCUT2D eigenvalue weighted by atomic mass is 9.85. The van der Waals surface area contributed by atoms with Gasteiger partial charge in [0.15, 0.2) is 0 Å². The van der Waals surface area contributed by atoms with Gasteiger partial charge in [0, 0.05) is 6.61 Å². The molecule has 0 heterocycles. The summed E-state index contributed by atoms with van der Waals surface area (Å²) in [5, 5.41) is 8.70. The quantitative estimate of drug-likeness (QED) is 0.625. The molecular weight excluding hydrogens is 148 g/mol. The molecule has 0 saturated carbocycles. The van der Waals surface area contributed by atoms with Crippen LogP contribution in [0.2, 0.25) is 0 Å². The topological polar surface area (TPSA) is 20.2 Å². The van der Waals surface area contributed by atoms with E-state index in [0.29, 0.717) is 6.61 Å². The fourth-order valence-corrected chi connectivity index (χ4v) is 1.91. The maximum atomic E-state index is 8.70. The Morgan fingerprint density at radius 1 is 1.17 bits per heavy atom. The molecule has 0 aliphatic carbocycles. The van der Waals surface area contributed by atoms with Crippen LogP contribution in [-0.4, -0.2) is 11.7 Å². The van der Waals surface area contributed by atoms with E-state index < -0.39 is 0 Å². The highest BCUT2D eigenvalue weighted by Gasteiger charge is 2.13. The van der Waals surface area contributed by atoms with Crippen LogP contribution in [-0.2, 0) is 0 Å². The fourth-order valence-electron chi connectivity index (χ4n) is 1.91. The van der Waals surface area contributed by atoms with Crippen LogP contribution in [0.1, 0.15) is 52.9 Å². The Labute approximate surface area is 77.2 Å². The third-order valence-electron chi connectivity index (χ3n) is 2.81. The molecule has 0 aromatic rings. The summed E-state index contributed by atoms with van der Waals surface area (Å²) in [5.74, 6) is 1.67. The van der Waals surface area contributed by atoms with Crippen LogP contribution in [0.15, 0.2) is 0 Å². The Bertz CT molecular complexity index is 91.0. The SMILES string of the molecule is CCCC(CC)C(C)CCCO. The molecule has 2 atom stereocenters. The highest BCUT2D eigenvalue weighted by atomic mass is 16.2. The van der Waals surface area contributed by atoms with E-state index in [2.05, 4.69) is 20.8 Å². The third kappa shape index (κ3) is 4.76. The first kappa shape index (κ1) is 12.0. The zero-order valence-electron chi connectivity index (χ0n) is 8.84. The van der Waals surface area contributed by atoms with Crippen molar-refractivity contribution < 1.29 is 5.11 Å². The monoisotopic (exact) mass is 172 g/mol. The first-order chi connectivity index (χ1) is 5.76. The minimum absolute atomic E-state index is 0.354. The van der Waals surface area contributed by atoms with Gasteiger partial charge in [0.2, 0.25) is 0 Å². The van der Waals surface area contributed by atoms with Crippen LogP contribution in [0.5, 0.6) is 0 Å². The maximum Gasteiger partial charge on any atom is 0.0431 e. The number of hydrogen-bond donors (Lipinski definition) is 1. The molecule has 1 N–H and O–H groups in total. The van der Waals surface area contributed by atoms with E-state index in [1.54, 1.807) is 0 Å². The Hall–Kier alpha value is -0.0400. The minimum Gasteiger partial charge on any atom is -0.396 e. The second-order valence-electron chi connectivity index (χ2n) is 3.80. The molecular formula is C11H24O. The molecule has 0 aromatic heterocycles. The minimum atomic E-state index is 0.354. The molecule has 0 fully saturated rings. The van der Waals surface area contributed by atoms with Crippen LogP contribution in [0.25, 0.3) is 0 Å². The van der Waals surface area contributed by atoms with Crippen LogP contribution >= 0.6 is 0 Å². The zero-order valence-corrected chi connectivity index (χ0v) is 8.84. The van der Waals surface area contributed by atoms with E-state index in [0.717, 1.165) is 18.3 Å². The van der Waals surface area contributed by atoms with E-state index in [1.165, 1.54) is 25.7 Å². The van der Waals surface area contributed by atoms with E-state index in [1.807, 2.05) is 0 Å². The summed E-state index contributed by atoms with van der Waals surface area (Å²) in [6.07, 6.45) is 6.10. The van der Waals surface area contributed by atoms with Crippen molar-refractivity contribution in [1.82, 2.24) is 0 Å². The summed E-state index contributed by atoms with van der Waals surface area (Å²) in [6.45, 7) is 7.20. The van der Waals surface area contributed by atoms with Crippen molar-refractivity contribution in [3.8, 4) is 0 Å². The van der Waals surface area contributed by atoms with Gasteiger partial charge >= 0.3 is 0 Å². The molecule has 0 bridgehead atoms. The summed E-state index contributed by atoms with van der Waals surface area (Å²) in [7, 11) is 0. The molecule has 0 aliphatic heterocycles. The van der Waals surface area contributed by atoms with Gasteiger partial charge in [0.05, 0.1) is 0 Å². The van der Waals surface area contributed by atoms with Gasteiger partial charge in [0.1, 0.15) is 0 Å². The summed E-state index contributed by atoms with van der Waals surface area (Å²) in [5.41, 5.74) is 0. The summed E-state index contributed by atoms with van der Waals surface area (Å²) < 4.78 is 0. The molecule has 12 heavy (non-hydrogen) atoms. The Balaban J connectivity index is 3.60. The zero-order chi connectivity index (χ0) is 9.40. The normalized spacial score (nSPS) is 16.0. The average molecular weight is 172 g/mol. The van der Waals surface area contributed by atoms with Crippen molar-refractivity contribution >= 4 is 0 Å². The molecule has 1 heteroatoms. The number of aliphatic hydroxyl groups excluding tert-OH is 1. The van der Waals surface area contributed by atoms with Gasteiger partial charge in [-0.05, 0) is 24.7 Å². The largest absolute Gasteiger partial charge is 0.396 e. The van der Waals surface area contributed by atoms with Gasteiger partial charge in [-0.15, -0.1) is 0 Å². The van der Waals surface area contributed by atoms with Crippen molar-refractivity contribution in [2.45, 2.75) is 52.9 Å². The van der Waals surface area contributed by atoms with Crippen molar-refractivity contribution in [3.05, 3.63) is 0 Å². The summed E-state index contributed by atoms with van der Waals surface area (Å²) >= 11 is 0. The molecule has 0 aromatic carbocycles. The molecule has 0 amide bonds. The van der Waals surface area contributed by atoms with Gasteiger partial charge in [-0.2, -0.15) is 0 Å². The van der Waals surface area contributed by atoms with Gasteiger partial charge in [0.25, 0.3) is 0 Å². The van der Waals surface area contributed by atoms with Crippen LogP contribution in [0.3, 0.4) is 0 Å². The van der Waals surface area contributed by atoms with Gasteiger partial charge < -0.3 is 5.11 Å². The smallest absolute Gasteiger partial charge is 0.0431 e. The van der Waals surface area contributed by atoms with Gasteiger partial charge in [-0.3, -0.25) is 0 Å². The molecule has 74 valence electrons. The molecule has 0 saturated heterocycles. The van der Waals surface area contributed by atoms with E-state index in [4.69, 9.17) is 5.11 Å².